The number of carbonyl (C=O) groups is 2. The predicted octanol–water partition coefficient (Wildman–Crippen LogP) is 3.27. The number of piperidine rings is 1. The summed E-state index contributed by atoms with van der Waals surface area (Å²) in [6, 6.07) is 10.4. The number of rotatable bonds is 4. The number of oxazole rings is 1. The van der Waals surface area contributed by atoms with Crippen LogP contribution >= 0.6 is 15.9 Å². The SMILES string of the molecule is O=C(Nc1ccc2oc(=O)n(CC(=O)N3CCCCC3)c2c1)c1nn2ccccc2c1Br. The molecule has 2 amide bonds. The van der Waals surface area contributed by atoms with E-state index in [4.69, 9.17) is 4.42 Å². The molecule has 1 saturated heterocycles. The number of pyridine rings is 1. The number of hydrogen-bond donors (Lipinski definition) is 1. The Balaban J connectivity index is 1.42. The molecular formula is C22H20BrN5O4. The van der Waals surface area contributed by atoms with Crippen molar-refractivity contribution in [2.24, 2.45) is 0 Å². The molecule has 32 heavy (non-hydrogen) atoms. The zero-order valence-electron chi connectivity index (χ0n) is 17.1. The van der Waals surface area contributed by atoms with Crippen LogP contribution in [0, 0.1) is 0 Å². The van der Waals surface area contributed by atoms with Crippen molar-refractivity contribution in [3.63, 3.8) is 0 Å². The van der Waals surface area contributed by atoms with Gasteiger partial charge in [0.15, 0.2) is 11.3 Å². The van der Waals surface area contributed by atoms with Crippen LogP contribution in [0.4, 0.5) is 5.69 Å². The molecule has 1 aliphatic rings. The molecule has 4 aromatic rings. The molecule has 0 spiro atoms. The molecule has 0 saturated carbocycles. The minimum absolute atomic E-state index is 0.0960. The van der Waals surface area contributed by atoms with Gasteiger partial charge in [-0.1, -0.05) is 6.07 Å². The minimum Gasteiger partial charge on any atom is -0.408 e. The van der Waals surface area contributed by atoms with Crippen molar-refractivity contribution in [1.29, 1.82) is 0 Å². The van der Waals surface area contributed by atoms with Crippen molar-refractivity contribution in [3.05, 3.63) is 63.3 Å². The zero-order valence-corrected chi connectivity index (χ0v) is 18.7. The average Bonchev–Trinajstić information content (AvgIpc) is 3.31. The molecular weight excluding hydrogens is 478 g/mol. The summed E-state index contributed by atoms with van der Waals surface area (Å²) >= 11 is 3.44. The highest BCUT2D eigenvalue weighted by Gasteiger charge is 2.21. The number of anilines is 1. The maximum atomic E-state index is 12.8. The van der Waals surface area contributed by atoms with Crippen molar-refractivity contribution in [1.82, 2.24) is 19.1 Å². The van der Waals surface area contributed by atoms with Gasteiger partial charge >= 0.3 is 5.76 Å². The van der Waals surface area contributed by atoms with Crippen molar-refractivity contribution in [2.45, 2.75) is 25.8 Å². The lowest BCUT2D eigenvalue weighted by Gasteiger charge is -2.26. The lowest BCUT2D eigenvalue weighted by Crippen LogP contribution is -2.39. The number of likely N-dealkylation sites (tertiary alicyclic amines) is 1. The summed E-state index contributed by atoms with van der Waals surface area (Å²) in [7, 11) is 0. The average molecular weight is 498 g/mol. The highest BCUT2D eigenvalue weighted by atomic mass is 79.9. The quantitative estimate of drug-likeness (QED) is 0.466. The van der Waals surface area contributed by atoms with Gasteiger partial charge in [0.25, 0.3) is 5.91 Å². The first-order chi connectivity index (χ1) is 15.5. The van der Waals surface area contributed by atoms with E-state index >= 15 is 0 Å². The van der Waals surface area contributed by atoms with Crippen LogP contribution in [0.25, 0.3) is 16.6 Å². The van der Waals surface area contributed by atoms with Crippen LogP contribution in [0.2, 0.25) is 0 Å². The van der Waals surface area contributed by atoms with Crippen LogP contribution in [0.3, 0.4) is 0 Å². The van der Waals surface area contributed by atoms with E-state index in [1.165, 1.54) is 4.57 Å². The lowest BCUT2D eigenvalue weighted by molar-refractivity contribution is -0.132. The first kappa shape index (κ1) is 20.5. The Morgan fingerprint density at radius 3 is 2.69 bits per heavy atom. The molecule has 3 aromatic heterocycles. The molecule has 0 atom stereocenters. The van der Waals surface area contributed by atoms with Crippen LogP contribution in [-0.2, 0) is 11.3 Å². The number of benzene rings is 1. The van der Waals surface area contributed by atoms with Gasteiger partial charge in [-0.25, -0.2) is 9.31 Å². The molecule has 1 fully saturated rings. The molecule has 1 aliphatic heterocycles. The summed E-state index contributed by atoms with van der Waals surface area (Å²) in [5, 5.41) is 7.13. The first-order valence-electron chi connectivity index (χ1n) is 10.4. The highest BCUT2D eigenvalue weighted by Crippen LogP contribution is 2.24. The van der Waals surface area contributed by atoms with Crippen LogP contribution in [0.15, 0.2) is 56.3 Å². The van der Waals surface area contributed by atoms with E-state index in [2.05, 4.69) is 26.3 Å². The molecule has 0 unspecified atom stereocenters. The van der Waals surface area contributed by atoms with E-state index in [9.17, 15) is 14.4 Å². The number of amides is 2. The second-order valence-electron chi connectivity index (χ2n) is 7.73. The number of carbonyl (C=O) groups excluding carboxylic acids is 2. The molecule has 9 nitrogen and oxygen atoms in total. The number of nitrogens with zero attached hydrogens (tertiary/aromatic N) is 4. The molecule has 164 valence electrons. The van der Waals surface area contributed by atoms with Crippen LogP contribution < -0.4 is 11.1 Å². The summed E-state index contributed by atoms with van der Waals surface area (Å²) in [5.41, 5.74) is 2.28. The van der Waals surface area contributed by atoms with Gasteiger partial charge in [-0.2, -0.15) is 5.10 Å². The van der Waals surface area contributed by atoms with Crippen LogP contribution in [0.5, 0.6) is 0 Å². The molecule has 1 aromatic carbocycles. The van der Waals surface area contributed by atoms with Gasteiger partial charge in [-0.15, -0.1) is 0 Å². The number of nitrogens with one attached hydrogen (secondary N) is 1. The maximum absolute atomic E-state index is 12.8. The van der Waals surface area contributed by atoms with E-state index in [-0.39, 0.29) is 18.1 Å². The molecule has 0 radical (unpaired) electrons. The Morgan fingerprint density at radius 2 is 1.91 bits per heavy atom. The zero-order chi connectivity index (χ0) is 22.2. The fourth-order valence-electron chi connectivity index (χ4n) is 3.97. The highest BCUT2D eigenvalue weighted by molar-refractivity contribution is 9.10. The van der Waals surface area contributed by atoms with Crippen molar-refractivity contribution in [3.8, 4) is 0 Å². The van der Waals surface area contributed by atoms with Gasteiger partial charge in [-0.3, -0.25) is 14.2 Å². The Labute approximate surface area is 190 Å². The third-order valence-corrected chi connectivity index (χ3v) is 6.40. The monoisotopic (exact) mass is 497 g/mol. The van der Waals surface area contributed by atoms with Crippen molar-refractivity contribution in [2.75, 3.05) is 18.4 Å². The van der Waals surface area contributed by atoms with E-state index < -0.39 is 11.7 Å². The summed E-state index contributed by atoms with van der Waals surface area (Å²) in [5.74, 6) is -1.11. The Kier molecular flexibility index (Phi) is 5.30. The smallest absolute Gasteiger partial charge is 0.408 e. The maximum Gasteiger partial charge on any atom is 0.420 e. The van der Waals surface area contributed by atoms with Crippen LogP contribution in [-0.4, -0.2) is 44.0 Å². The molecule has 0 bridgehead atoms. The van der Waals surface area contributed by atoms with E-state index in [1.807, 2.05) is 18.2 Å². The Morgan fingerprint density at radius 1 is 1.09 bits per heavy atom. The number of halogens is 1. The second kappa shape index (κ2) is 8.27. The second-order valence-corrected chi connectivity index (χ2v) is 8.52. The first-order valence-corrected chi connectivity index (χ1v) is 11.2. The summed E-state index contributed by atoms with van der Waals surface area (Å²) < 4.78 is 8.80. The fourth-order valence-corrected chi connectivity index (χ4v) is 4.55. The predicted molar refractivity (Wildman–Crippen MR) is 122 cm³/mol. The van der Waals surface area contributed by atoms with E-state index in [0.29, 0.717) is 34.3 Å². The summed E-state index contributed by atoms with van der Waals surface area (Å²) in [6.45, 7) is 1.32. The van der Waals surface area contributed by atoms with Gasteiger partial charge in [0.2, 0.25) is 5.91 Å². The molecule has 4 heterocycles. The van der Waals surface area contributed by atoms with Crippen LogP contribution in [0.1, 0.15) is 29.8 Å². The van der Waals surface area contributed by atoms with Crippen molar-refractivity contribution >= 4 is 50.0 Å². The lowest BCUT2D eigenvalue weighted by atomic mass is 10.1. The number of fused-ring (bicyclic) bond motifs is 2. The van der Waals surface area contributed by atoms with Gasteiger partial charge in [0.05, 0.1) is 15.5 Å². The minimum atomic E-state index is -0.600. The molecule has 0 aliphatic carbocycles. The normalized spacial score (nSPS) is 14.2. The number of aromatic nitrogens is 3. The topological polar surface area (TPSA) is 102 Å². The van der Waals surface area contributed by atoms with Gasteiger partial charge in [0.1, 0.15) is 6.54 Å². The molecule has 5 rings (SSSR count). The summed E-state index contributed by atoms with van der Waals surface area (Å²) in [4.78, 5) is 39.7. The molecule has 10 heteroatoms. The van der Waals surface area contributed by atoms with Crippen molar-refractivity contribution < 1.29 is 14.0 Å². The van der Waals surface area contributed by atoms with E-state index in [0.717, 1.165) is 24.8 Å². The molecule has 1 N–H and O–H groups in total. The Bertz CT molecular complexity index is 1400. The summed E-state index contributed by atoms with van der Waals surface area (Å²) in [6.07, 6.45) is 4.82. The van der Waals surface area contributed by atoms with Gasteiger partial charge in [-0.05, 0) is 65.5 Å². The van der Waals surface area contributed by atoms with Gasteiger partial charge < -0.3 is 14.6 Å². The van der Waals surface area contributed by atoms with E-state index in [1.54, 1.807) is 33.8 Å². The number of hydrogen-bond acceptors (Lipinski definition) is 5. The largest absolute Gasteiger partial charge is 0.420 e. The Hall–Kier alpha value is -3.40. The fraction of sp³-hybridized carbons (Fsp3) is 0.273. The third kappa shape index (κ3) is 3.70. The van der Waals surface area contributed by atoms with Gasteiger partial charge in [0, 0.05) is 25.0 Å². The third-order valence-electron chi connectivity index (χ3n) is 5.62. The standard InChI is InChI=1S/C22H20BrN5O4/c23-19-15-6-2-5-11-28(15)25-20(19)21(30)24-14-7-8-17-16(12-14)27(22(31)32-17)13-18(29)26-9-3-1-4-10-26/h2,5-8,11-12H,1,3-4,9-10,13H2,(H,24,30).